The number of benzene rings is 4. The largest absolute Gasteiger partial charge is 0.509 e. The van der Waals surface area contributed by atoms with Gasteiger partial charge < -0.3 is 32.9 Å². The highest BCUT2D eigenvalue weighted by Crippen LogP contribution is 2.50. The molecular formula is C35H35FNO12P. The van der Waals surface area contributed by atoms with Crippen molar-refractivity contribution in [1.82, 2.24) is 5.09 Å². The summed E-state index contributed by atoms with van der Waals surface area (Å²) < 4.78 is 73.0. The Morgan fingerprint density at radius 3 is 2.08 bits per heavy atom. The molecule has 1 saturated heterocycles. The van der Waals surface area contributed by atoms with E-state index in [1.165, 1.54) is 13.0 Å². The normalized spacial score (nSPS) is 20.2. The second-order valence-corrected chi connectivity index (χ2v) is 12.6. The summed E-state index contributed by atoms with van der Waals surface area (Å²) in [5, 5.41) is 3.72. The Hall–Kier alpha value is -5.01. The van der Waals surface area contributed by atoms with E-state index in [9.17, 15) is 18.9 Å². The molecule has 0 aliphatic carbocycles. The topological polar surface area (TPSA) is 154 Å². The van der Waals surface area contributed by atoms with E-state index in [-0.39, 0.29) is 19.0 Å². The number of rotatable bonds is 14. The first-order valence-electron chi connectivity index (χ1n) is 15.5. The Labute approximate surface area is 287 Å². The van der Waals surface area contributed by atoms with Crippen molar-refractivity contribution >= 4 is 36.8 Å². The van der Waals surface area contributed by atoms with Gasteiger partial charge in [0.1, 0.15) is 37.7 Å². The van der Waals surface area contributed by atoms with Crippen LogP contribution < -0.4 is 9.61 Å². The molecule has 264 valence electrons. The maximum atomic E-state index is 16.2. The molecule has 13 nitrogen and oxygen atoms in total. The van der Waals surface area contributed by atoms with Gasteiger partial charge >= 0.3 is 26.0 Å². The lowest BCUT2D eigenvalue weighted by Gasteiger charge is -2.26. The molecule has 0 spiro atoms. The molecule has 5 rings (SSSR count). The van der Waals surface area contributed by atoms with E-state index >= 15 is 4.39 Å². The fraction of sp³-hybridized carbons (Fsp3) is 0.286. The van der Waals surface area contributed by atoms with Gasteiger partial charge in [0.05, 0.1) is 7.11 Å². The average Bonchev–Trinajstić information content (AvgIpc) is 3.41. The summed E-state index contributed by atoms with van der Waals surface area (Å²) >= 11 is 0. The van der Waals surface area contributed by atoms with Crippen molar-refractivity contribution in [2.75, 3.05) is 13.7 Å². The molecule has 1 N–H and O–H groups in total. The number of carbonyl (C=O) groups excluding carboxylic acids is 3. The van der Waals surface area contributed by atoms with Crippen LogP contribution in [0.15, 0.2) is 103 Å². The minimum absolute atomic E-state index is 0.0859. The van der Waals surface area contributed by atoms with Gasteiger partial charge in [-0.3, -0.25) is 9.32 Å². The minimum Gasteiger partial charge on any atom is -0.468 e. The number of alkyl halides is 1. The van der Waals surface area contributed by atoms with Crippen LogP contribution in [0.3, 0.4) is 0 Å². The Kier molecular flexibility index (Phi) is 12.4. The molecule has 0 aromatic heterocycles. The molecule has 0 bridgehead atoms. The lowest BCUT2D eigenvalue weighted by atomic mass is 10.1. The lowest BCUT2D eigenvalue weighted by molar-refractivity contribution is -0.142. The van der Waals surface area contributed by atoms with Gasteiger partial charge in [0, 0.05) is 5.39 Å². The summed E-state index contributed by atoms with van der Waals surface area (Å²) in [5.74, 6) is -0.732. The summed E-state index contributed by atoms with van der Waals surface area (Å²) in [5.41, 5.74) is 1.33. The third-order valence-electron chi connectivity index (χ3n) is 7.36. The van der Waals surface area contributed by atoms with Crippen LogP contribution in [-0.4, -0.2) is 62.7 Å². The van der Waals surface area contributed by atoms with E-state index in [0.29, 0.717) is 16.5 Å². The van der Waals surface area contributed by atoms with Crippen molar-refractivity contribution in [2.45, 2.75) is 50.8 Å². The molecule has 4 aromatic carbocycles. The third-order valence-corrected chi connectivity index (χ3v) is 8.99. The molecule has 4 aromatic rings. The average molecular weight is 712 g/mol. The first-order valence-corrected chi connectivity index (χ1v) is 17.0. The summed E-state index contributed by atoms with van der Waals surface area (Å²) in [7, 11) is -3.57. The predicted molar refractivity (Wildman–Crippen MR) is 176 cm³/mol. The zero-order valence-electron chi connectivity index (χ0n) is 27.0. The highest BCUT2D eigenvalue weighted by molar-refractivity contribution is 7.52. The molecule has 0 amide bonds. The van der Waals surface area contributed by atoms with E-state index < -0.39 is 63.3 Å². The van der Waals surface area contributed by atoms with Gasteiger partial charge in [0.15, 0.2) is 12.3 Å². The highest BCUT2D eigenvalue weighted by atomic mass is 31.2. The van der Waals surface area contributed by atoms with Crippen LogP contribution in [0.5, 0.6) is 5.75 Å². The Bertz CT molecular complexity index is 1790. The van der Waals surface area contributed by atoms with Crippen LogP contribution in [0.2, 0.25) is 0 Å². The molecule has 6 atom stereocenters. The van der Waals surface area contributed by atoms with Gasteiger partial charge in [-0.25, -0.2) is 18.5 Å². The molecule has 50 heavy (non-hydrogen) atoms. The van der Waals surface area contributed by atoms with Gasteiger partial charge in [-0.2, -0.15) is 5.09 Å². The SMILES string of the molecule is COC(=O)[C@H](C)NP(=O)(Oc1cccc2ccccc12)OC1O[C@H](COC(=O)OCc2ccccc2)[C@@H](OC(=O)OCc2ccccc2)[C@@H]1F. The first-order chi connectivity index (χ1) is 24.1. The number of ether oxygens (including phenoxy) is 6. The van der Waals surface area contributed by atoms with E-state index in [2.05, 4.69) is 5.09 Å². The molecule has 0 radical (unpaired) electrons. The zero-order valence-corrected chi connectivity index (χ0v) is 27.9. The fourth-order valence-electron chi connectivity index (χ4n) is 4.90. The first kappa shape index (κ1) is 36.3. The quantitative estimate of drug-likeness (QED) is 0.0846. The molecular weight excluding hydrogens is 676 g/mol. The smallest absolute Gasteiger partial charge is 0.468 e. The molecule has 1 aliphatic heterocycles. The fourth-order valence-corrected chi connectivity index (χ4v) is 6.49. The highest BCUT2D eigenvalue weighted by Gasteiger charge is 2.52. The molecule has 15 heteroatoms. The number of carbonyl (C=O) groups is 3. The van der Waals surface area contributed by atoms with E-state index in [0.717, 1.165) is 12.5 Å². The molecule has 1 fully saturated rings. The minimum atomic E-state index is -4.70. The van der Waals surface area contributed by atoms with Crippen molar-refractivity contribution < 1.29 is 60.8 Å². The van der Waals surface area contributed by atoms with E-state index in [4.69, 9.17) is 37.5 Å². The summed E-state index contributed by atoms with van der Waals surface area (Å²) in [6, 6.07) is 28.2. The van der Waals surface area contributed by atoms with Crippen molar-refractivity contribution in [3.8, 4) is 5.75 Å². The number of nitrogens with one attached hydrogen (secondary N) is 1. The monoisotopic (exact) mass is 711 g/mol. The van der Waals surface area contributed by atoms with Gasteiger partial charge in [-0.05, 0) is 29.5 Å². The predicted octanol–water partition coefficient (Wildman–Crippen LogP) is 6.63. The van der Waals surface area contributed by atoms with Crippen molar-refractivity contribution in [3.63, 3.8) is 0 Å². The molecule has 2 unspecified atom stereocenters. The number of hydrogen-bond donors (Lipinski definition) is 1. The zero-order chi connectivity index (χ0) is 35.5. The van der Waals surface area contributed by atoms with Crippen LogP contribution in [-0.2, 0) is 55.5 Å². The van der Waals surface area contributed by atoms with Gasteiger partial charge in [-0.15, -0.1) is 0 Å². The molecule has 0 saturated carbocycles. The number of halogens is 1. The summed E-state index contributed by atoms with van der Waals surface area (Å²) in [6.45, 7) is 0.391. The van der Waals surface area contributed by atoms with E-state index in [1.807, 2.05) is 0 Å². The Balaban J connectivity index is 1.34. The van der Waals surface area contributed by atoms with Crippen LogP contribution in [0.25, 0.3) is 10.8 Å². The number of methoxy groups -OCH3 is 1. The lowest BCUT2D eigenvalue weighted by Crippen LogP contribution is -2.38. The standard InChI is InChI=1S/C35H35FNO12P/c1-23(32(38)42-2)37-50(41,48-28-19-11-17-26-16-9-10-18-27(26)28)49-33-30(36)31(47-35(40)44-21-25-14-7-4-8-15-25)29(46-33)22-45-34(39)43-20-24-12-5-3-6-13-24/h3-19,23,29-31,33H,20-22H2,1-2H3,(H,37,41)/t23-,29+,30-,31+,33?,50?/m0/s1. The number of fused-ring (bicyclic) bond motifs is 1. The second-order valence-electron chi connectivity index (χ2n) is 11.0. The van der Waals surface area contributed by atoms with Crippen molar-refractivity contribution in [1.29, 1.82) is 0 Å². The van der Waals surface area contributed by atoms with Gasteiger partial charge in [0.2, 0.25) is 6.29 Å². The maximum Gasteiger partial charge on any atom is 0.509 e. The Morgan fingerprint density at radius 2 is 1.42 bits per heavy atom. The van der Waals surface area contributed by atoms with Crippen LogP contribution in [0.1, 0.15) is 18.1 Å². The van der Waals surface area contributed by atoms with Gasteiger partial charge in [-0.1, -0.05) is 97.1 Å². The van der Waals surface area contributed by atoms with Crippen molar-refractivity contribution in [3.05, 3.63) is 114 Å². The number of hydrogen-bond acceptors (Lipinski definition) is 12. The summed E-state index contributed by atoms with van der Waals surface area (Å²) in [4.78, 5) is 37.4. The second kappa shape index (κ2) is 17.1. The van der Waals surface area contributed by atoms with Crippen LogP contribution in [0.4, 0.5) is 14.0 Å². The Morgan fingerprint density at radius 1 is 0.820 bits per heavy atom. The van der Waals surface area contributed by atoms with Crippen molar-refractivity contribution in [2.24, 2.45) is 0 Å². The molecule has 1 heterocycles. The van der Waals surface area contributed by atoms with Crippen LogP contribution in [0, 0.1) is 0 Å². The maximum absolute atomic E-state index is 16.2. The summed E-state index contributed by atoms with van der Waals surface area (Å²) in [6.07, 6.45) is -9.94. The van der Waals surface area contributed by atoms with Gasteiger partial charge in [0.25, 0.3) is 0 Å². The van der Waals surface area contributed by atoms with E-state index in [1.54, 1.807) is 97.1 Å². The number of esters is 1. The third kappa shape index (κ3) is 9.79. The van der Waals surface area contributed by atoms with Crippen LogP contribution >= 0.6 is 7.75 Å². The molecule has 1 aliphatic rings.